The molecule has 0 aliphatic heterocycles. The van der Waals surface area contributed by atoms with Gasteiger partial charge in [0.1, 0.15) is 0 Å². The average Bonchev–Trinajstić information content (AvgIpc) is 2.85. The van der Waals surface area contributed by atoms with E-state index < -0.39 is 10.0 Å². The lowest BCUT2D eigenvalue weighted by atomic mass is 10.2. The third-order valence-electron chi connectivity index (χ3n) is 2.86. The highest BCUT2D eigenvalue weighted by Gasteiger charge is 2.14. The Balaban J connectivity index is 1.85. The van der Waals surface area contributed by atoms with E-state index in [1.165, 1.54) is 11.3 Å². The fraction of sp³-hybridized carbons (Fsp3) is 0.308. The second-order valence-electron chi connectivity index (χ2n) is 4.49. The van der Waals surface area contributed by atoms with Gasteiger partial charge in [0.2, 0.25) is 10.0 Å². The van der Waals surface area contributed by atoms with Crippen LogP contribution in [0.2, 0.25) is 0 Å². The molecule has 3 N–H and O–H groups in total. The quantitative estimate of drug-likeness (QED) is 0.790. The lowest BCUT2D eigenvalue weighted by molar-refractivity contribution is 0.595. The Bertz CT molecular complexity index is 663. The van der Waals surface area contributed by atoms with Gasteiger partial charge in [-0.3, -0.25) is 4.98 Å². The predicted molar refractivity (Wildman–Crippen MR) is 80.1 cm³/mol. The molecule has 0 saturated heterocycles. The molecule has 0 amide bonds. The predicted octanol–water partition coefficient (Wildman–Crippen LogP) is 1.43. The lowest BCUT2D eigenvalue weighted by Gasteiger charge is -2.05. The van der Waals surface area contributed by atoms with Crippen molar-refractivity contribution in [1.29, 1.82) is 0 Å². The summed E-state index contributed by atoms with van der Waals surface area (Å²) in [5.74, 6) is 0. The molecule has 0 aliphatic rings. The van der Waals surface area contributed by atoms with Crippen molar-refractivity contribution in [3.8, 4) is 0 Å². The topological polar surface area (TPSA) is 85.1 Å². The van der Waals surface area contributed by atoms with Crippen molar-refractivity contribution in [2.75, 3.05) is 6.54 Å². The molecule has 20 heavy (non-hydrogen) atoms. The normalized spacial score (nSPS) is 11.7. The molecule has 2 rings (SSSR count). The Morgan fingerprint density at radius 3 is 2.80 bits per heavy atom. The van der Waals surface area contributed by atoms with E-state index in [0.717, 1.165) is 29.1 Å². The molecule has 5 nitrogen and oxygen atoms in total. The average molecular weight is 311 g/mol. The molecule has 0 aliphatic carbocycles. The number of nitrogens with two attached hydrogens (primary N) is 1. The van der Waals surface area contributed by atoms with Crippen LogP contribution >= 0.6 is 11.3 Å². The van der Waals surface area contributed by atoms with Crippen molar-refractivity contribution in [3.63, 3.8) is 0 Å². The van der Waals surface area contributed by atoms with Crippen LogP contribution < -0.4 is 10.5 Å². The second kappa shape index (κ2) is 6.45. The molecule has 0 unspecified atom stereocenters. The van der Waals surface area contributed by atoms with E-state index in [-0.39, 0.29) is 4.90 Å². The smallest absolute Gasteiger partial charge is 0.239 e. The molecule has 0 spiro atoms. The van der Waals surface area contributed by atoms with Crippen LogP contribution in [-0.4, -0.2) is 19.9 Å². The number of nitrogens with zero attached hydrogens (tertiary/aromatic N) is 1. The summed E-state index contributed by atoms with van der Waals surface area (Å²) >= 11 is 1.39. The Kier molecular flexibility index (Phi) is 4.87. The highest BCUT2D eigenvalue weighted by molar-refractivity contribution is 7.89. The molecule has 0 radical (unpaired) electrons. The number of sulfonamides is 1. The molecule has 0 aromatic carbocycles. The molecule has 0 atom stereocenters. The minimum Gasteiger partial charge on any atom is -0.311 e. The number of nitrogens with one attached hydrogen (secondary N) is 1. The molecule has 0 fully saturated rings. The van der Waals surface area contributed by atoms with E-state index in [0.29, 0.717) is 6.54 Å². The maximum absolute atomic E-state index is 11.3. The van der Waals surface area contributed by atoms with Crippen LogP contribution in [0.5, 0.6) is 0 Å². The first-order valence-electron chi connectivity index (χ1n) is 6.18. The van der Waals surface area contributed by atoms with Crippen LogP contribution in [-0.2, 0) is 23.0 Å². The summed E-state index contributed by atoms with van der Waals surface area (Å²) < 4.78 is 22.7. The monoisotopic (exact) mass is 311 g/mol. The highest BCUT2D eigenvalue weighted by atomic mass is 32.2. The number of rotatable bonds is 6. The van der Waals surface area contributed by atoms with Crippen LogP contribution in [0.1, 0.15) is 16.1 Å². The van der Waals surface area contributed by atoms with E-state index in [9.17, 15) is 8.42 Å². The van der Waals surface area contributed by atoms with Crippen LogP contribution in [0.25, 0.3) is 0 Å². The molecule has 7 heteroatoms. The number of thiophene rings is 1. The van der Waals surface area contributed by atoms with Gasteiger partial charge in [-0.2, -0.15) is 0 Å². The van der Waals surface area contributed by atoms with Crippen LogP contribution in [0, 0.1) is 6.92 Å². The van der Waals surface area contributed by atoms with Gasteiger partial charge < -0.3 is 5.32 Å². The zero-order chi connectivity index (χ0) is 14.6. The maximum atomic E-state index is 11.3. The van der Waals surface area contributed by atoms with Gasteiger partial charge in [0, 0.05) is 23.3 Å². The van der Waals surface area contributed by atoms with Gasteiger partial charge in [-0.15, -0.1) is 11.3 Å². The Morgan fingerprint density at radius 1 is 1.35 bits per heavy atom. The lowest BCUT2D eigenvalue weighted by Crippen LogP contribution is -2.19. The molecular formula is C13H17N3O2S2. The van der Waals surface area contributed by atoms with Crippen molar-refractivity contribution in [2.24, 2.45) is 5.14 Å². The van der Waals surface area contributed by atoms with Crippen molar-refractivity contribution < 1.29 is 8.42 Å². The number of primary sulfonamides is 1. The Hall–Kier alpha value is -1.28. The zero-order valence-electron chi connectivity index (χ0n) is 11.2. The van der Waals surface area contributed by atoms with Gasteiger partial charge in [0.15, 0.2) is 0 Å². The Morgan fingerprint density at radius 2 is 2.15 bits per heavy atom. The molecule has 108 valence electrons. The summed E-state index contributed by atoms with van der Waals surface area (Å²) in [6.07, 6.45) is 2.71. The van der Waals surface area contributed by atoms with Crippen molar-refractivity contribution in [2.45, 2.75) is 24.8 Å². The van der Waals surface area contributed by atoms with E-state index in [1.54, 1.807) is 11.4 Å². The summed E-state index contributed by atoms with van der Waals surface area (Å²) in [5.41, 5.74) is 2.15. The van der Waals surface area contributed by atoms with Gasteiger partial charge in [0.05, 0.1) is 4.90 Å². The Labute approximate surface area is 122 Å². The fourth-order valence-electron chi connectivity index (χ4n) is 1.79. The third-order valence-corrected chi connectivity index (χ3v) is 4.91. The van der Waals surface area contributed by atoms with Gasteiger partial charge >= 0.3 is 0 Å². The van der Waals surface area contributed by atoms with E-state index >= 15 is 0 Å². The minimum atomic E-state index is -3.62. The summed E-state index contributed by atoms with van der Waals surface area (Å²) in [6, 6.07) is 5.57. The summed E-state index contributed by atoms with van der Waals surface area (Å²) in [7, 11) is -3.62. The summed E-state index contributed by atoms with van der Waals surface area (Å²) in [6.45, 7) is 3.21. The maximum Gasteiger partial charge on any atom is 0.239 e. The van der Waals surface area contributed by atoms with Crippen molar-refractivity contribution in [1.82, 2.24) is 10.3 Å². The summed E-state index contributed by atoms with van der Waals surface area (Å²) in [4.78, 5) is 5.19. The molecule has 0 saturated carbocycles. The first-order valence-corrected chi connectivity index (χ1v) is 8.61. The third kappa shape index (κ3) is 4.11. The molecule has 2 aromatic rings. The minimum absolute atomic E-state index is 0.215. The molecule has 2 heterocycles. The first kappa shape index (κ1) is 15.1. The largest absolute Gasteiger partial charge is 0.311 e. The number of aromatic nitrogens is 1. The van der Waals surface area contributed by atoms with Crippen molar-refractivity contribution >= 4 is 21.4 Å². The van der Waals surface area contributed by atoms with Crippen LogP contribution in [0.15, 0.2) is 34.7 Å². The van der Waals surface area contributed by atoms with Crippen molar-refractivity contribution in [3.05, 3.63) is 45.9 Å². The number of aryl methyl sites for hydroxylation is 1. The van der Waals surface area contributed by atoms with E-state index in [1.807, 2.05) is 25.3 Å². The van der Waals surface area contributed by atoms with E-state index in [2.05, 4.69) is 10.3 Å². The van der Waals surface area contributed by atoms with Gasteiger partial charge in [0.25, 0.3) is 0 Å². The number of hydrogen-bond donors (Lipinski definition) is 2. The summed E-state index contributed by atoms with van der Waals surface area (Å²) in [5, 5.41) is 10.1. The number of pyridine rings is 1. The van der Waals surface area contributed by atoms with E-state index in [4.69, 9.17) is 5.14 Å². The number of hydrogen-bond acceptors (Lipinski definition) is 5. The molecule has 2 aromatic heterocycles. The first-order chi connectivity index (χ1) is 9.47. The standard InChI is InChI=1S/C13H17N3O2S2/c1-10-2-3-11(8-16-10)4-6-15-9-12-13(5-7-19-12)20(14,17)18/h2-3,5,7-8,15H,4,6,9H2,1H3,(H2,14,17,18). The molecule has 0 bridgehead atoms. The SMILES string of the molecule is Cc1ccc(CCNCc2sccc2S(N)(=O)=O)cn1. The zero-order valence-corrected chi connectivity index (χ0v) is 12.8. The van der Waals surface area contributed by atoms with Crippen LogP contribution in [0.3, 0.4) is 0 Å². The van der Waals surface area contributed by atoms with Gasteiger partial charge in [-0.1, -0.05) is 6.07 Å². The van der Waals surface area contributed by atoms with Gasteiger partial charge in [-0.25, -0.2) is 13.6 Å². The van der Waals surface area contributed by atoms with Gasteiger partial charge in [-0.05, 0) is 43.0 Å². The second-order valence-corrected chi connectivity index (χ2v) is 7.02. The highest BCUT2D eigenvalue weighted by Crippen LogP contribution is 2.20. The fourth-order valence-corrected chi connectivity index (χ4v) is 3.76. The van der Waals surface area contributed by atoms with Crippen LogP contribution in [0.4, 0.5) is 0 Å². The molecular weight excluding hydrogens is 294 g/mol.